The second kappa shape index (κ2) is 10.7. The molecule has 1 aliphatic heterocycles. The molecule has 0 aliphatic carbocycles. The molecule has 1 aromatic carbocycles. The molecule has 0 spiro atoms. The standard InChI is InChI=1S/C21H29NO5/c1-3-26-18-10-8-17(9-11-18)19(23)12-13-20(24)27-16(2)21(25)22-14-6-4-5-7-15-22/h8-11,16H,3-7,12-15H2,1-2H3. The lowest BCUT2D eigenvalue weighted by Crippen LogP contribution is -2.40. The first-order valence-electron chi connectivity index (χ1n) is 9.75. The van der Waals surface area contributed by atoms with Crippen molar-refractivity contribution in [3.8, 4) is 5.75 Å². The second-order valence-electron chi connectivity index (χ2n) is 6.75. The summed E-state index contributed by atoms with van der Waals surface area (Å²) in [5.74, 6) is -0.108. The number of ketones is 1. The molecule has 0 radical (unpaired) electrons. The van der Waals surface area contributed by atoms with Crippen molar-refractivity contribution in [1.29, 1.82) is 0 Å². The van der Waals surface area contributed by atoms with Crippen LogP contribution in [0.2, 0.25) is 0 Å². The maximum atomic E-state index is 12.4. The predicted molar refractivity (Wildman–Crippen MR) is 102 cm³/mol. The van der Waals surface area contributed by atoms with Crippen molar-refractivity contribution in [3.05, 3.63) is 29.8 Å². The van der Waals surface area contributed by atoms with Gasteiger partial charge in [-0.3, -0.25) is 14.4 Å². The fourth-order valence-corrected chi connectivity index (χ4v) is 3.12. The minimum absolute atomic E-state index is 0.0380. The Kier molecular flexibility index (Phi) is 8.30. The molecular formula is C21H29NO5. The summed E-state index contributed by atoms with van der Waals surface area (Å²) in [5.41, 5.74) is 0.528. The molecule has 1 aromatic rings. The van der Waals surface area contributed by atoms with Crippen LogP contribution < -0.4 is 4.74 Å². The molecule has 0 aromatic heterocycles. The number of esters is 1. The summed E-state index contributed by atoms with van der Waals surface area (Å²) >= 11 is 0. The number of hydrogen-bond acceptors (Lipinski definition) is 5. The molecular weight excluding hydrogens is 346 g/mol. The number of rotatable bonds is 8. The van der Waals surface area contributed by atoms with Gasteiger partial charge in [0.1, 0.15) is 5.75 Å². The number of nitrogens with zero attached hydrogens (tertiary/aromatic N) is 1. The quantitative estimate of drug-likeness (QED) is 0.514. The molecule has 0 N–H and O–H groups in total. The van der Waals surface area contributed by atoms with Crippen molar-refractivity contribution >= 4 is 17.7 Å². The highest BCUT2D eigenvalue weighted by Gasteiger charge is 2.24. The molecule has 1 aliphatic rings. The van der Waals surface area contributed by atoms with Crippen LogP contribution >= 0.6 is 0 Å². The zero-order valence-electron chi connectivity index (χ0n) is 16.2. The van der Waals surface area contributed by atoms with Crippen molar-refractivity contribution in [2.75, 3.05) is 19.7 Å². The number of ether oxygens (including phenoxy) is 2. The van der Waals surface area contributed by atoms with E-state index in [0.29, 0.717) is 17.9 Å². The molecule has 1 amide bonds. The Morgan fingerprint density at radius 1 is 1.00 bits per heavy atom. The Bertz CT molecular complexity index is 632. The number of hydrogen-bond donors (Lipinski definition) is 0. The lowest BCUT2D eigenvalue weighted by Gasteiger charge is -2.24. The molecule has 6 nitrogen and oxygen atoms in total. The van der Waals surface area contributed by atoms with Gasteiger partial charge in [0.25, 0.3) is 5.91 Å². The van der Waals surface area contributed by atoms with Crippen molar-refractivity contribution in [1.82, 2.24) is 4.90 Å². The number of carbonyl (C=O) groups is 3. The third-order valence-corrected chi connectivity index (χ3v) is 4.62. The molecule has 27 heavy (non-hydrogen) atoms. The molecule has 1 heterocycles. The maximum absolute atomic E-state index is 12.4. The summed E-state index contributed by atoms with van der Waals surface area (Å²) in [6.45, 7) is 5.49. The van der Waals surface area contributed by atoms with Gasteiger partial charge >= 0.3 is 5.97 Å². The van der Waals surface area contributed by atoms with Crippen LogP contribution in [0.4, 0.5) is 0 Å². The van der Waals surface area contributed by atoms with Crippen LogP contribution in [0.5, 0.6) is 5.75 Å². The molecule has 0 bridgehead atoms. The van der Waals surface area contributed by atoms with Gasteiger partial charge in [-0.2, -0.15) is 0 Å². The van der Waals surface area contributed by atoms with Gasteiger partial charge in [-0.05, 0) is 51.0 Å². The van der Waals surface area contributed by atoms with Gasteiger partial charge in [0, 0.05) is 25.1 Å². The highest BCUT2D eigenvalue weighted by molar-refractivity contribution is 5.97. The summed E-state index contributed by atoms with van der Waals surface area (Å²) in [6.07, 6.45) is 3.45. The van der Waals surface area contributed by atoms with E-state index >= 15 is 0 Å². The van der Waals surface area contributed by atoms with Crippen LogP contribution in [0.1, 0.15) is 62.7 Å². The predicted octanol–water partition coefficient (Wildman–Crippen LogP) is 3.38. The Hall–Kier alpha value is -2.37. The van der Waals surface area contributed by atoms with Crippen LogP contribution in [0.3, 0.4) is 0 Å². The molecule has 0 saturated carbocycles. The number of Topliss-reactive ketones (excluding diaryl/α,β-unsaturated/α-hetero) is 1. The summed E-state index contributed by atoms with van der Waals surface area (Å²) in [5, 5.41) is 0. The van der Waals surface area contributed by atoms with Gasteiger partial charge in [-0.1, -0.05) is 12.8 Å². The van der Waals surface area contributed by atoms with Crippen molar-refractivity contribution in [2.24, 2.45) is 0 Å². The number of carbonyl (C=O) groups excluding carboxylic acids is 3. The summed E-state index contributed by atoms with van der Waals surface area (Å²) < 4.78 is 10.6. The van der Waals surface area contributed by atoms with E-state index in [1.807, 2.05) is 6.92 Å². The largest absolute Gasteiger partial charge is 0.494 e. The normalized spacial score (nSPS) is 15.6. The van der Waals surface area contributed by atoms with Crippen LogP contribution in [-0.4, -0.2) is 48.4 Å². The van der Waals surface area contributed by atoms with Crippen LogP contribution in [0, 0.1) is 0 Å². The maximum Gasteiger partial charge on any atom is 0.307 e. The van der Waals surface area contributed by atoms with Gasteiger partial charge < -0.3 is 14.4 Å². The van der Waals surface area contributed by atoms with Crippen molar-refractivity contribution in [3.63, 3.8) is 0 Å². The monoisotopic (exact) mass is 375 g/mol. The van der Waals surface area contributed by atoms with E-state index in [1.54, 1.807) is 36.1 Å². The van der Waals surface area contributed by atoms with Crippen LogP contribution in [0.25, 0.3) is 0 Å². The van der Waals surface area contributed by atoms with E-state index < -0.39 is 12.1 Å². The Labute approximate surface area is 160 Å². The summed E-state index contributed by atoms with van der Waals surface area (Å²) in [7, 11) is 0. The first-order valence-corrected chi connectivity index (χ1v) is 9.75. The minimum atomic E-state index is -0.809. The lowest BCUT2D eigenvalue weighted by atomic mass is 10.1. The highest BCUT2D eigenvalue weighted by Crippen LogP contribution is 2.15. The van der Waals surface area contributed by atoms with Crippen molar-refractivity contribution < 1.29 is 23.9 Å². The lowest BCUT2D eigenvalue weighted by molar-refractivity contribution is -0.159. The molecule has 1 saturated heterocycles. The van der Waals surface area contributed by atoms with Gasteiger partial charge in [0.15, 0.2) is 11.9 Å². The first kappa shape index (κ1) is 20.9. The fraction of sp³-hybridized carbons (Fsp3) is 0.571. The minimum Gasteiger partial charge on any atom is -0.494 e. The Morgan fingerprint density at radius 2 is 1.63 bits per heavy atom. The molecule has 2 rings (SSSR count). The zero-order valence-corrected chi connectivity index (χ0v) is 16.2. The van der Waals surface area contributed by atoms with Gasteiger partial charge in [0.2, 0.25) is 0 Å². The van der Waals surface area contributed by atoms with Crippen LogP contribution in [0.15, 0.2) is 24.3 Å². The zero-order chi connectivity index (χ0) is 19.6. The first-order chi connectivity index (χ1) is 13.0. The molecule has 1 atom stereocenters. The van der Waals surface area contributed by atoms with E-state index in [2.05, 4.69) is 0 Å². The van der Waals surface area contributed by atoms with E-state index in [0.717, 1.165) is 38.8 Å². The third-order valence-electron chi connectivity index (χ3n) is 4.62. The second-order valence-corrected chi connectivity index (χ2v) is 6.75. The summed E-state index contributed by atoms with van der Waals surface area (Å²) in [6, 6.07) is 6.84. The molecule has 6 heteroatoms. The number of benzene rings is 1. The number of likely N-dealkylation sites (tertiary alicyclic amines) is 1. The molecule has 1 unspecified atom stereocenters. The smallest absolute Gasteiger partial charge is 0.307 e. The van der Waals surface area contributed by atoms with Gasteiger partial charge in [-0.15, -0.1) is 0 Å². The van der Waals surface area contributed by atoms with Crippen LogP contribution in [-0.2, 0) is 14.3 Å². The van der Waals surface area contributed by atoms with E-state index in [9.17, 15) is 14.4 Å². The highest BCUT2D eigenvalue weighted by atomic mass is 16.5. The average Bonchev–Trinajstić information content (AvgIpc) is 2.95. The topological polar surface area (TPSA) is 72.9 Å². The third kappa shape index (κ3) is 6.70. The van der Waals surface area contributed by atoms with Crippen molar-refractivity contribution in [2.45, 2.75) is 58.5 Å². The fourth-order valence-electron chi connectivity index (χ4n) is 3.12. The number of amides is 1. The SMILES string of the molecule is CCOc1ccc(C(=O)CCC(=O)OC(C)C(=O)N2CCCCCC2)cc1. The van der Waals surface area contributed by atoms with Gasteiger partial charge in [-0.25, -0.2) is 0 Å². The van der Waals surface area contributed by atoms with E-state index in [4.69, 9.17) is 9.47 Å². The van der Waals surface area contributed by atoms with E-state index in [1.165, 1.54) is 0 Å². The average molecular weight is 375 g/mol. The molecule has 1 fully saturated rings. The summed E-state index contributed by atoms with van der Waals surface area (Å²) in [4.78, 5) is 38.4. The Morgan fingerprint density at radius 3 is 2.22 bits per heavy atom. The molecule has 148 valence electrons. The van der Waals surface area contributed by atoms with Gasteiger partial charge in [0.05, 0.1) is 13.0 Å². The van der Waals surface area contributed by atoms with E-state index in [-0.39, 0.29) is 24.5 Å². The Balaban J connectivity index is 1.77.